The van der Waals surface area contributed by atoms with Crippen molar-refractivity contribution in [2.45, 2.75) is 31.8 Å². The molecule has 4 N–H and O–H groups in total. The maximum Gasteiger partial charge on any atom is 0.272 e. The molecule has 7 rings (SSSR count). The van der Waals surface area contributed by atoms with Gasteiger partial charge in [-0.15, -0.1) is 0 Å². The molecule has 3 aromatic heterocycles. The van der Waals surface area contributed by atoms with E-state index in [1.54, 1.807) is 6.20 Å². The number of nitrogens with zero attached hydrogens (tertiary/aromatic N) is 4. The van der Waals surface area contributed by atoms with Gasteiger partial charge in [0.05, 0.1) is 29.4 Å². The topological polar surface area (TPSA) is 105 Å². The highest BCUT2D eigenvalue weighted by molar-refractivity contribution is 6.31. The Morgan fingerprint density at radius 1 is 0.957 bits per heavy atom. The summed E-state index contributed by atoms with van der Waals surface area (Å²) in [6.07, 6.45) is 5.33. The van der Waals surface area contributed by atoms with Gasteiger partial charge in [-0.25, -0.2) is 9.97 Å². The Balaban J connectivity index is 1.39. The van der Waals surface area contributed by atoms with Gasteiger partial charge in [0.2, 0.25) is 0 Å². The number of aromatic nitrogens is 4. The predicted molar refractivity (Wildman–Crippen MR) is 187 cm³/mol. The molecule has 0 bridgehead atoms. The number of benzene rings is 3. The van der Waals surface area contributed by atoms with Gasteiger partial charge in [-0.3, -0.25) is 4.79 Å². The van der Waals surface area contributed by atoms with Crippen LogP contribution in [0.4, 0.5) is 11.5 Å². The van der Waals surface area contributed by atoms with Crippen LogP contribution in [0.25, 0.3) is 33.4 Å². The molecule has 46 heavy (non-hydrogen) atoms. The first kappa shape index (κ1) is 30.0. The molecule has 6 aromatic rings. The predicted octanol–water partition coefficient (Wildman–Crippen LogP) is 8.19. The Bertz CT molecular complexity index is 2010. The number of piperidine rings is 1. The molecule has 0 spiro atoms. The zero-order chi connectivity index (χ0) is 31.8. The fourth-order valence-corrected chi connectivity index (χ4v) is 6.54. The number of amides is 1. The van der Waals surface area contributed by atoms with E-state index in [0.29, 0.717) is 21.4 Å². The number of carbonyl (C=O) groups excluding carboxylic acids is 1. The molecular weight excluding hydrogens is 617 g/mol. The van der Waals surface area contributed by atoms with Gasteiger partial charge in [-0.1, -0.05) is 71.7 Å². The highest BCUT2D eigenvalue weighted by atomic mass is 35.5. The molecule has 8 nitrogen and oxygen atoms in total. The number of fused-ring (bicyclic) bond motifs is 1. The van der Waals surface area contributed by atoms with Crippen molar-refractivity contribution in [3.05, 3.63) is 119 Å². The maximum absolute atomic E-state index is 14.4. The maximum atomic E-state index is 14.4. The van der Waals surface area contributed by atoms with Crippen molar-refractivity contribution in [2.75, 3.05) is 23.3 Å². The molecule has 1 atom stereocenters. The third kappa shape index (κ3) is 5.75. The highest BCUT2D eigenvalue weighted by Crippen LogP contribution is 2.41. The normalized spacial score (nSPS) is 14.5. The van der Waals surface area contributed by atoms with Crippen molar-refractivity contribution in [1.82, 2.24) is 19.5 Å². The molecule has 1 amide bonds. The number of carbonyl (C=O) groups is 1. The Labute approximate surface area is 277 Å². The van der Waals surface area contributed by atoms with E-state index in [1.807, 2.05) is 91.3 Å². The molecule has 0 radical (unpaired) electrons. The van der Waals surface area contributed by atoms with Gasteiger partial charge in [-0.2, -0.15) is 0 Å². The van der Waals surface area contributed by atoms with Crippen LogP contribution < -0.4 is 16.0 Å². The summed E-state index contributed by atoms with van der Waals surface area (Å²) in [4.78, 5) is 29.6. The van der Waals surface area contributed by atoms with Gasteiger partial charge in [0.15, 0.2) is 5.82 Å². The van der Waals surface area contributed by atoms with Crippen LogP contribution in [0.5, 0.6) is 0 Å². The molecule has 232 valence electrons. The fraction of sp³-hybridized carbons (Fsp3) is 0.194. The molecule has 1 saturated heterocycles. The van der Waals surface area contributed by atoms with E-state index in [-0.39, 0.29) is 18.0 Å². The molecule has 0 aliphatic carbocycles. The summed E-state index contributed by atoms with van der Waals surface area (Å²) in [6.45, 7) is 3.67. The number of hydrogen-bond acceptors (Lipinski definition) is 5. The second kappa shape index (κ2) is 12.6. The molecule has 0 unspecified atom stereocenters. The van der Waals surface area contributed by atoms with E-state index in [9.17, 15) is 4.79 Å². The summed E-state index contributed by atoms with van der Waals surface area (Å²) in [5, 5.41) is 5.27. The lowest BCUT2D eigenvalue weighted by Crippen LogP contribution is -2.40. The summed E-state index contributed by atoms with van der Waals surface area (Å²) in [5.41, 5.74) is 12.2. The fourth-order valence-electron chi connectivity index (χ4n) is 6.24. The van der Waals surface area contributed by atoms with Gasteiger partial charge < -0.3 is 25.5 Å². The number of rotatable bonds is 7. The Morgan fingerprint density at radius 3 is 2.46 bits per heavy atom. The van der Waals surface area contributed by atoms with E-state index >= 15 is 0 Å². The summed E-state index contributed by atoms with van der Waals surface area (Å²) in [6, 6.07) is 27.2. The van der Waals surface area contributed by atoms with Crippen molar-refractivity contribution in [2.24, 2.45) is 5.73 Å². The lowest BCUT2D eigenvalue weighted by atomic mass is 9.99. The third-order valence-corrected chi connectivity index (χ3v) is 9.20. The van der Waals surface area contributed by atoms with E-state index in [1.165, 1.54) is 0 Å². The van der Waals surface area contributed by atoms with Crippen LogP contribution in [0.15, 0.2) is 97.5 Å². The second-order valence-corrected chi connectivity index (χ2v) is 12.5. The van der Waals surface area contributed by atoms with Crippen LogP contribution in [-0.4, -0.2) is 44.6 Å². The molecule has 3 aromatic carbocycles. The van der Waals surface area contributed by atoms with Crippen LogP contribution in [0.1, 0.15) is 41.9 Å². The summed E-state index contributed by atoms with van der Waals surface area (Å²) < 4.78 is 2.12. The van der Waals surface area contributed by atoms with Crippen molar-refractivity contribution in [1.29, 1.82) is 0 Å². The Morgan fingerprint density at radius 2 is 1.70 bits per heavy atom. The van der Waals surface area contributed by atoms with Crippen LogP contribution in [0.2, 0.25) is 10.0 Å². The molecule has 1 fully saturated rings. The van der Waals surface area contributed by atoms with Crippen molar-refractivity contribution >= 4 is 51.5 Å². The van der Waals surface area contributed by atoms with Crippen LogP contribution >= 0.6 is 23.2 Å². The molecule has 1 aliphatic rings. The van der Waals surface area contributed by atoms with Crippen molar-refractivity contribution in [3.63, 3.8) is 0 Å². The lowest BCUT2D eigenvalue weighted by Gasteiger charge is -2.32. The van der Waals surface area contributed by atoms with Gasteiger partial charge in [0.1, 0.15) is 5.69 Å². The summed E-state index contributed by atoms with van der Waals surface area (Å²) in [5.74, 6) is 0.436. The number of anilines is 2. The monoisotopic (exact) mass is 649 g/mol. The smallest absolute Gasteiger partial charge is 0.272 e. The Hall–Kier alpha value is -4.63. The lowest BCUT2D eigenvalue weighted by molar-refractivity contribution is 0.102. The van der Waals surface area contributed by atoms with Gasteiger partial charge >= 0.3 is 0 Å². The van der Waals surface area contributed by atoms with Crippen LogP contribution in [0, 0.1) is 0 Å². The SMILES string of the molecule is C[C@@H](c1ccc(Cl)cc1)n1cnc(-c2ccccc2)c1-c1c(C(=O)Nc2cccnc2N2CCC(N)CC2)[nH]c2cc(Cl)ccc12. The average Bonchev–Trinajstić information content (AvgIpc) is 3.67. The number of halogens is 2. The minimum Gasteiger partial charge on any atom is -0.355 e. The van der Waals surface area contributed by atoms with E-state index in [0.717, 1.165) is 70.7 Å². The van der Waals surface area contributed by atoms with E-state index < -0.39 is 0 Å². The first-order chi connectivity index (χ1) is 22.4. The minimum atomic E-state index is -0.295. The molecule has 0 saturated carbocycles. The third-order valence-electron chi connectivity index (χ3n) is 8.71. The first-order valence-electron chi connectivity index (χ1n) is 15.3. The highest BCUT2D eigenvalue weighted by Gasteiger charge is 2.29. The largest absolute Gasteiger partial charge is 0.355 e. The van der Waals surface area contributed by atoms with E-state index in [2.05, 4.69) is 31.7 Å². The van der Waals surface area contributed by atoms with Crippen molar-refractivity contribution < 1.29 is 4.79 Å². The van der Waals surface area contributed by atoms with Crippen LogP contribution in [-0.2, 0) is 0 Å². The van der Waals surface area contributed by atoms with Crippen molar-refractivity contribution in [3.8, 4) is 22.5 Å². The number of nitrogens with one attached hydrogen (secondary N) is 2. The zero-order valence-corrected chi connectivity index (χ0v) is 26.8. The first-order valence-corrected chi connectivity index (χ1v) is 16.1. The standard InChI is InChI=1S/C36H33Cl2N7O/c1-22(23-9-11-25(37)12-10-23)45-21-41-32(24-6-3-2-4-7-24)34(45)31-28-14-13-26(38)20-30(28)42-33(31)36(46)43-29-8-5-17-40-35(29)44-18-15-27(39)16-19-44/h2-14,17,20-22,27,42H,15-16,18-19,39H2,1H3,(H,43,46)/t22-/m0/s1. The Kier molecular flexibility index (Phi) is 8.25. The molecule has 10 heteroatoms. The molecular formula is C36H33Cl2N7O. The number of hydrogen-bond donors (Lipinski definition) is 3. The zero-order valence-electron chi connectivity index (χ0n) is 25.3. The minimum absolute atomic E-state index is 0.124. The van der Waals surface area contributed by atoms with Gasteiger partial charge in [0.25, 0.3) is 5.91 Å². The second-order valence-electron chi connectivity index (χ2n) is 11.7. The number of nitrogens with two attached hydrogens (primary N) is 1. The number of H-pyrrole nitrogens is 1. The van der Waals surface area contributed by atoms with Crippen LogP contribution in [0.3, 0.4) is 0 Å². The summed E-state index contributed by atoms with van der Waals surface area (Å²) >= 11 is 12.7. The van der Waals surface area contributed by atoms with Gasteiger partial charge in [-0.05, 0) is 61.7 Å². The summed E-state index contributed by atoms with van der Waals surface area (Å²) in [7, 11) is 0. The molecule has 1 aliphatic heterocycles. The number of imidazole rings is 1. The van der Waals surface area contributed by atoms with Gasteiger partial charge in [0, 0.05) is 57.4 Å². The number of pyridine rings is 1. The van der Waals surface area contributed by atoms with E-state index in [4.69, 9.17) is 33.9 Å². The quantitative estimate of drug-likeness (QED) is 0.162. The molecule has 4 heterocycles. The number of aromatic amines is 1. The average molecular weight is 651 g/mol.